The summed E-state index contributed by atoms with van der Waals surface area (Å²) < 4.78 is 28.3. The molecule has 128 valence electrons. The molecule has 8 heteroatoms. The van der Waals surface area contributed by atoms with Crippen LogP contribution in [0.3, 0.4) is 0 Å². The summed E-state index contributed by atoms with van der Waals surface area (Å²) in [6.07, 6.45) is -0.379. The number of benzene rings is 2. The fourth-order valence-electron chi connectivity index (χ4n) is 2.14. The molecule has 2 N–H and O–H groups in total. The molecule has 2 aromatic rings. The lowest BCUT2D eigenvalue weighted by Crippen LogP contribution is -2.30. The molecular weight excluding hydrogens is 418 g/mol. The second-order valence-electron chi connectivity index (χ2n) is 5.26. The van der Waals surface area contributed by atoms with E-state index in [9.17, 15) is 13.2 Å². The van der Waals surface area contributed by atoms with Crippen LogP contribution in [0.25, 0.3) is 0 Å². The number of halogens is 2. The molecule has 0 bridgehead atoms. The van der Waals surface area contributed by atoms with Gasteiger partial charge >= 0.3 is 5.97 Å². The Morgan fingerprint density at radius 2 is 1.88 bits per heavy atom. The SMILES string of the molecule is Cc1ccc([C@H](CC(=O)O)NS(=O)(=O)c2ccc(Br)cc2Cl)cc1. The Kier molecular flexibility index (Phi) is 6.03. The molecule has 0 aliphatic carbocycles. The molecule has 0 amide bonds. The maximum absolute atomic E-state index is 12.6. The van der Waals surface area contributed by atoms with Gasteiger partial charge in [-0.3, -0.25) is 4.79 Å². The lowest BCUT2D eigenvalue weighted by atomic mass is 10.0. The van der Waals surface area contributed by atoms with Crippen LogP contribution < -0.4 is 4.72 Å². The van der Waals surface area contributed by atoms with Crippen LogP contribution in [0.4, 0.5) is 0 Å². The molecule has 0 aliphatic rings. The normalized spacial score (nSPS) is 12.8. The van der Waals surface area contributed by atoms with Crippen molar-refractivity contribution in [1.82, 2.24) is 4.72 Å². The highest BCUT2D eigenvalue weighted by Crippen LogP contribution is 2.27. The van der Waals surface area contributed by atoms with E-state index in [2.05, 4.69) is 20.7 Å². The molecule has 0 fully saturated rings. The molecule has 0 saturated carbocycles. The third-order valence-corrected chi connectivity index (χ3v) is 5.79. The molecule has 0 aromatic heterocycles. The van der Waals surface area contributed by atoms with Gasteiger partial charge in [0.2, 0.25) is 10.0 Å². The number of carboxylic acid groups (broad SMARTS) is 1. The number of carboxylic acids is 1. The van der Waals surface area contributed by atoms with E-state index in [-0.39, 0.29) is 16.3 Å². The van der Waals surface area contributed by atoms with Crippen molar-refractivity contribution in [2.75, 3.05) is 0 Å². The number of hydrogen-bond donors (Lipinski definition) is 2. The number of hydrogen-bond acceptors (Lipinski definition) is 3. The lowest BCUT2D eigenvalue weighted by Gasteiger charge is -2.18. The second-order valence-corrected chi connectivity index (χ2v) is 8.26. The van der Waals surface area contributed by atoms with E-state index in [0.29, 0.717) is 10.0 Å². The third kappa shape index (κ3) is 4.80. The number of carbonyl (C=O) groups is 1. The summed E-state index contributed by atoms with van der Waals surface area (Å²) in [5, 5.41) is 9.14. The minimum absolute atomic E-state index is 0.0508. The zero-order valence-electron chi connectivity index (χ0n) is 12.7. The summed E-state index contributed by atoms with van der Waals surface area (Å²) in [7, 11) is -3.98. The molecule has 24 heavy (non-hydrogen) atoms. The average molecular weight is 433 g/mol. The Balaban J connectivity index is 2.37. The highest BCUT2D eigenvalue weighted by Gasteiger charge is 2.25. The van der Waals surface area contributed by atoms with E-state index in [4.69, 9.17) is 16.7 Å². The van der Waals surface area contributed by atoms with Crippen LogP contribution in [-0.2, 0) is 14.8 Å². The van der Waals surface area contributed by atoms with Gasteiger partial charge < -0.3 is 5.11 Å². The summed E-state index contributed by atoms with van der Waals surface area (Å²) in [5.74, 6) is -1.11. The molecule has 2 rings (SSSR count). The van der Waals surface area contributed by atoms with Gasteiger partial charge in [0.1, 0.15) is 4.90 Å². The van der Waals surface area contributed by atoms with Gasteiger partial charge in [-0.05, 0) is 30.7 Å². The molecule has 2 aromatic carbocycles. The van der Waals surface area contributed by atoms with Crippen LogP contribution >= 0.6 is 27.5 Å². The molecular formula is C16H15BrClNO4S. The van der Waals surface area contributed by atoms with Crippen LogP contribution in [-0.4, -0.2) is 19.5 Å². The van der Waals surface area contributed by atoms with Gasteiger partial charge in [0.05, 0.1) is 17.5 Å². The van der Waals surface area contributed by atoms with Gasteiger partial charge in [-0.15, -0.1) is 0 Å². The van der Waals surface area contributed by atoms with E-state index < -0.39 is 22.0 Å². The van der Waals surface area contributed by atoms with Gasteiger partial charge in [0, 0.05) is 4.47 Å². The maximum Gasteiger partial charge on any atom is 0.305 e. The first-order chi connectivity index (χ1) is 11.2. The molecule has 5 nitrogen and oxygen atoms in total. The summed E-state index contributed by atoms with van der Waals surface area (Å²) in [5.41, 5.74) is 1.56. The van der Waals surface area contributed by atoms with Crippen LogP contribution in [0.15, 0.2) is 51.8 Å². The number of aryl methyl sites for hydroxylation is 1. The fourth-order valence-corrected chi connectivity index (χ4v) is 4.41. The number of sulfonamides is 1. The largest absolute Gasteiger partial charge is 0.481 e. The molecule has 0 saturated heterocycles. The topological polar surface area (TPSA) is 83.5 Å². The van der Waals surface area contributed by atoms with Crippen molar-refractivity contribution in [3.05, 3.63) is 63.1 Å². The number of nitrogens with one attached hydrogen (secondary N) is 1. The van der Waals surface area contributed by atoms with Gasteiger partial charge in [0.25, 0.3) is 0 Å². The van der Waals surface area contributed by atoms with Crippen LogP contribution in [0, 0.1) is 6.92 Å². The smallest absolute Gasteiger partial charge is 0.305 e. The molecule has 0 heterocycles. The predicted molar refractivity (Wildman–Crippen MR) is 95.6 cm³/mol. The average Bonchev–Trinajstić information content (AvgIpc) is 2.46. The first kappa shape index (κ1) is 18.9. The highest BCUT2D eigenvalue weighted by molar-refractivity contribution is 9.10. The molecule has 0 unspecified atom stereocenters. The minimum atomic E-state index is -3.98. The number of rotatable bonds is 6. The van der Waals surface area contributed by atoms with E-state index in [1.165, 1.54) is 12.1 Å². The summed E-state index contributed by atoms with van der Waals surface area (Å²) >= 11 is 9.22. The van der Waals surface area contributed by atoms with Gasteiger partial charge in [0.15, 0.2) is 0 Å². The Morgan fingerprint density at radius 3 is 2.42 bits per heavy atom. The zero-order chi connectivity index (χ0) is 17.9. The molecule has 0 spiro atoms. The molecule has 0 radical (unpaired) electrons. The van der Waals surface area contributed by atoms with Crippen molar-refractivity contribution in [3.63, 3.8) is 0 Å². The van der Waals surface area contributed by atoms with E-state index >= 15 is 0 Å². The Labute approximate surface area is 153 Å². The molecule has 0 aliphatic heterocycles. The van der Waals surface area contributed by atoms with Crippen molar-refractivity contribution < 1.29 is 18.3 Å². The summed E-state index contributed by atoms with van der Waals surface area (Å²) in [6, 6.07) is 10.5. The van der Waals surface area contributed by atoms with Gasteiger partial charge in [-0.2, -0.15) is 0 Å². The Bertz CT molecular complexity index is 853. The Morgan fingerprint density at radius 1 is 1.25 bits per heavy atom. The quantitative estimate of drug-likeness (QED) is 0.725. The first-order valence-electron chi connectivity index (χ1n) is 6.95. The number of aliphatic carboxylic acids is 1. The van der Waals surface area contributed by atoms with Crippen LogP contribution in [0.1, 0.15) is 23.6 Å². The van der Waals surface area contributed by atoms with Gasteiger partial charge in [-0.1, -0.05) is 57.4 Å². The minimum Gasteiger partial charge on any atom is -0.481 e. The third-order valence-electron chi connectivity index (χ3n) is 3.34. The first-order valence-corrected chi connectivity index (χ1v) is 9.60. The second kappa shape index (κ2) is 7.65. The van der Waals surface area contributed by atoms with Crippen molar-refractivity contribution in [1.29, 1.82) is 0 Å². The summed E-state index contributed by atoms with van der Waals surface area (Å²) in [4.78, 5) is 11.0. The van der Waals surface area contributed by atoms with Crippen LogP contribution in [0.5, 0.6) is 0 Å². The van der Waals surface area contributed by atoms with Crippen molar-refractivity contribution in [3.8, 4) is 0 Å². The van der Waals surface area contributed by atoms with Crippen molar-refractivity contribution in [2.45, 2.75) is 24.3 Å². The monoisotopic (exact) mass is 431 g/mol. The van der Waals surface area contributed by atoms with Gasteiger partial charge in [-0.25, -0.2) is 13.1 Å². The lowest BCUT2D eigenvalue weighted by molar-refractivity contribution is -0.137. The zero-order valence-corrected chi connectivity index (χ0v) is 15.8. The maximum atomic E-state index is 12.6. The molecule has 1 atom stereocenters. The van der Waals surface area contributed by atoms with E-state index in [1.54, 1.807) is 30.3 Å². The predicted octanol–water partition coefficient (Wildman–Crippen LogP) is 3.91. The van der Waals surface area contributed by atoms with E-state index in [0.717, 1.165) is 5.56 Å². The van der Waals surface area contributed by atoms with Crippen molar-refractivity contribution >= 4 is 43.5 Å². The van der Waals surface area contributed by atoms with E-state index in [1.807, 2.05) is 6.92 Å². The highest BCUT2D eigenvalue weighted by atomic mass is 79.9. The van der Waals surface area contributed by atoms with Crippen LogP contribution in [0.2, 0.25) is 5.02 Å². The van der Waals surface area contributed by atoms with Crippen molar-refractivity contribution in [2.24, 2.45) is 0 Å². The Hall–Kier alpha value is -1.41. The summed E-state index contributed by atoms with van der Waals surface area (Å²) in [6.45, 7) is 1.89. The standard InChI is InChI=1S/C16H15BrClNO4S/c1-10-2-4-11(5-3-10)14(9-16(20)21)19-24(22,23)15-7-6-12(17)8-13(15)18/h2-8,14,19H,9H2,1H3,(H,20,21)/t14-/m0/s1. The fraction of sp³-hybridized carbons (Fsp3) is 0.188.